The van der Waals surface area contributed by atoms with E-state index in [2.05, 4.69) is 5.10 Å². The first-order valence-electron chi connectivity index (χ1n) is 5.83. The van der Waals surface area contributed by atoms with Gasteiger partial charge in [0.05, 0.1) is 11.1 Å². The van der Waals surface area contributed by atoms with Gasteiger partial charge in [-0.2, -0.15) is 5.10 Å². The number of aldehydes is 1. The zero-order valence-electron chi connectivity index (χ0n) is 10.9. The van der Waals surface area contributed by atoms with E-state index in [0.717, 1.165) is 11.8 Å². The normalized spacial score (nSPS) is 11.6. The van der Waals surface area contributed by atoms with Gasteiger partial charge in [-0.3, -0.25) is 9.48 Å². The van der Waals surface area contributed by atoms with Crippen LogP contribution in [0.3, 0.4) is 0 Å². The molecule has 0 aliphatic rings. The smallest absolute Gasteiger partial charge is 0.153 e. The van der Waals surface area contributed by atoms with Crippen LogP contribution in [0.25, 0.3) is 11.3 Å². The molecule has 1 heterocycles. The first-order chi connectivity index (χ1) is 8.81. The molecule has 19 heavy (non-hydrogen) atoms. The average Bonchev–Trinajstić information content (AvgIpc) is 2.71. The molecule has 0 atom stereocenters. The molecule has 0 bridgehead atoms. The highest BCUT2D eigenvalue weighted by Crippen LogP contribution is 2.29. The van der Waals surface area contributed by atoms with Gasteiger partial charge in [0.15, 0.2) is 6.29 Å². The van der Waals surface area contributed by atoms with Gasteiger partial charge in [0, 0.05) is 21.8 Å². The average molecular weight is 297 g/mol. The third-order valence-electron chi connectivity index (χ3n) is 2.69. The second-order valence-electron chi connectivity index (χ2n) is 5.32. The standard InChI is InChI=1S/C14H14Cl2N2O/c1-14(2,3)18-7-10(8-19)13(17-18)9-4-11(15)6-12(16)5-9/h4-8H,1-3H3. The maximum Gasteiger partial charge on any atom is 0.153 e. The molecular weight excluding hydrogens is 283 g/mol. The van der Waals surface area contributed by atoms with Crippen molar-refractivity contribution in [3.8, 4) is 11.3 Å². The molecule has 3 nitrogen and oxygen atoms in total. The highest BCUT2D eigenvalue weighted by molar-refractivity contribution is 6.35. The number of carbonyl (C=O) groups excluding carboxylic acids is 1. The molecule has 1 aromatic heterocycles. The maximum atomic E-state index is 11.2. The lowest BCUT2D eigenvalue weighted by Gasteiger charge is -2.18. The van der Waals surface area contributed by atoms with E-state index in [0.29, 0.717) is 21.3 Å². The van der Waals surface area contributed by atoms with Gasteiger partial charge in [-0.1, -0.05) is 23.2 Å². The van der Waals surface area contributed by atoms with Crippen LogP contribution in [0.15, 0.2) is 24.4 Å². The molecule has 2 aromatic rings. The van der Waals surface area contributed by atoms with Crippen molar-refractivity contribution < 1.29 is 4.79 Å². The number of hydrogen-bond donors (Lipinski definition) is 0. The Balaban J connectivity index is 2.61. The summed E-state index contributed by atoms with van der Waals surface area (Å²) < 4.78 is 1.76. The number of hydrogen-bond acceptors (Lipinski definition) is 2. The van der Waals surface area contributed by atoms with Gasteiger partial charge >= 0.3 is 0 Å². The first-order valence-corrected chi connectivity index (χ1v) is 6.58. The summed E-state index contributed by atoms with van der Waals surface area (Å²) in [6.45, 7) is 6.05. The molecule has 0 saturated heterocycles. The van der Waals surface area contributed by atoms with E-state index in [4.69, 9.17) is 23.2 Å². The minimum absolute atomic E-state index is 0.196. The van der Waals surface area contributed by atoms with Gasteiger partial charge < -0.3 is 0 Å². The van der Waals surface area contributed by atoms with Gasteiger partial charge in [0.1, 0.15) is 5.69 Å². The van der Waals surface area contributed by atoms with Gasteiger partial charge in [0.25, 0.3) is 0 Å². The van der Waals surface area contributed by atoms with Crippen molar-refractivity contribution in [2.45, 2.75) is 26.3 Å². The van der Waals surface area contributed by atoms with Crippen LogP contribution >= 0.6 is 23.2 Å². The predicted molar refractivity (Wildman–Crippen MR) is 78.1 cm³/mol. The molecule has 0 saturated carbocycles. The molecule has 1 aromatic carbocycles. The van der Waals surface area contributed by atoms with Crippen LogP contribution in [0.1, 0.15) is 31.1 Å². The quantitative estimate of drug-likeness (QED) is 0.769. The Kier molecular flexibility index (Phi) is 3.70. The van der Waals surface area contributed by atoms with Crippen LogP contribution in [0.2, 0.25) is 10.0 Å². The molecule has 0 spiro atoms. The molecule has 0 amide bonds. The van der Waals surface area contributed by atoms with Crippen LogP contribution in [0.4, 0.5) is 0 Å². The van der Waals surface area contributed by atoms with E-state index in [9.17, 15) is 4.79 Å². The topological polar surface area (TPSA) is 34.9 Å². The molecule has 0 aliphatic heterocycles. The van der Waals surface area contributed by atoms with Gasteiger partial charge in [-0.05, 0) is 39.0 Å². The Bertz CT molecular complexity index is 607. The summed E-state index contributed by atoms with van der Waals surface area (Å²) >= 11 is 12.0. The largest absolute Gasteiger partial charge is 0.298 e. The summed E-state index contributed by atoms with van der Waals surface area (Å²) in [5, 5.41) is 5.51. The Labute approximate surface area is 122 Å². The molecular formula is C14H14Cl2N2O. The van der Waals surface area contributed by atoms with E-state index in [-0.39, 0.29) is 5.54 Å². The van der Waals surface area contributed by atoms with Crippen molar-refractivity contribution in [2.75, 3.05) is 0 Å². The van der Waals surface area contributed by atoms with Crippen LogP contribution in [0, 0.1) is 0 Å². The van der Waals surface area contributed by atoms with Crippen LogP contribution in [0.5, 0.6) is 0 Å². The van der Waals surface area contributed by atoms with E-state index < -0.39 is 0 Å². The third-order valence-corrected chi connectivity index (χ3v) is 3.13. The Morgan fingerprint density at radius 1 is 1.16 bits per heavy atom. The second-order valence-corrected chi connectivity index (χ2v) is 6.20. The van der Waals surface area contributed by atoms with Gasteiger partial charge in [-0.15, -0.1) is 0 Å². The number of benzene rings is 1. The molecule has 0 aliphatic carbocycles. The number of nitrogens with zero attached hydrogens (tertiary/aromatic N) is 2. The Morgan fingerprint density at radius 3 is 2.21 bits per heavy atom. The zero-order valence-corrected chi connectivity index (χ0v) is 12.5. The Morgan fingerprint density at radius 2 is 1.74 bits per heavy atom. The van der Waals surface area contributed by atoms with Crippen molar-refractivity contribution in [1.82, 2.24) is 9.78 Å². The summed E-state index contributed by atoms with van der Waals surface area (Å²) in [6.07, 6.45) is 2.52. The van der Waals surface area contributed by atoms with Crippen LogP contribution in [-0.2, 0) is 5.54 Å². The lowest BCUT2D eigenvalue weighted by Crippen LogP contribution is -2.22. The molecule has 5 heteroatoms. The van der Waals surface area contributed by atoms with Crippen LogP contribution < -0.4 is 0 Å². The third kappa shape index (κ3) is 2.99. The molecule has 0 N–H and O–H groups in total. The SMILES string of the molecule is CC(C)(C)n1cc(C=O)c(-c2cc(Cl)cc(Cl)c2)n1. The molecule has 0 radical (unpaired) electrons. The van der Waals surface area contributed by atoms with E-state index in [1.54, 1.807) is 29.1 Å². The lowest BCUT2D eigenvalue weighted by molar-refractivity contribution is 0.112. The molecule has 100 valence electrons. The highest BCUT2D eigenvalue weighted by Gasteiger charge is 2.19. The van der Waals surface area contributed by atoms with E-state index in [1.807, 2.05) is 20.8 Å². The zero-order chi connectivity index (χ0) is 14.2. The summed E-state index contributed by atoms with van der Waals surface area (Å²) in [5.74, 6) is 0. The number of carbonyl (C=O) groups is 1. The molecule has 2 rings (SSSR count). The number of halogens is 2. The van der Waals surface area contributed by atoms with Gasteiger partial charge in [-0.25, -0.2) is 0 Å². The lowest BCUT2D eigenvalue weighted by atomic mass is 10.1. The fourth-order valence-electron chi connectivity index (χ4n) is 1.73. The fraction of sp³-hybridized carbons (Fsp3) is 0.286. The molecule has 0 unspecified atom stereocenters. The van der Waals surface area contributed by atoms with Crippen molar-refractivity contribution in [3.63, 3.8) is 0 Å². The molecule has 0 fully saturated rings. The summed E-state index contributed by atoms with van der Waals surface area (Å²) in [7, 11) is 0. The minimum Gasteiger partial charge on any atom is -0.298 e. The van der Waals surface area contributed by atoms with Crippen molar-refractivity contribution >= 4 is 29.5 Å². The van der Waals surface area contributed by atoms with Gasteiger partial charge in [0.2, 0.25) is 0 Å². The predicted octanol–water partition coefficient (Wildman–Crippen LogP) is 4.42. The monoisotopic (exact) mass is 296 g/mol. The Hall–Kier alpha value is -1.32. The fourth-order valence-corrected chi connectivity index (χ4v) is 2.26. The van der Waals surface area contributed by atoms with Crippen LogP contribution in [-0.4, -0.2) is 16.1 Å². The van der Waals surface area contributed by atoms with E-state index in [1.165, 1.54) is 0 Å². The number of aromatic nitrogens is 2. The van der Waals surface area contributed by atoms with Crippen molar-refractivity contribution in [1.29, 1.82) is 0 Å². The summed E-state index contributed by atoms with van der Waals surface area (Å²) in [6, 6.07) is 5.14. The van der Waals surface area contributed by atoms with Crippen molar-refractivity contribution in [3.05, 3.63) is 40.0 Å². The van der Waals surface area contributed by atoms with E-state index >= 15 is 0 Å². The van der Waals surface area contributed by atoms with Crippen molar-refractivity contribution in [2.24, 2.45) is 0 Å². The second kappa shape index (κ2) is 4.99. The first kappa shape index (κ1) is 14.1. The summed E-state index contributed by atoms with van der Waals surface area (Å²) in [4.78, 5) is 11.2. The minimum atomic E-state index is -0.196. The highest BCUT2D eigenvalue weighted by atomic mass is 35.5. The maximum absolute atomic E-state index is 11.2. The number of rotatable bonds is 2. The summed E-state index contributed by atoms with van der Waals surface area (Å²) in [5.41, 5.74) is 1.66.